The molecule has 0 N–H and O–H groups in total. The predicted octanol–water partition coefficient (Wildman–Crippen LogP) is 5.08. The Hall–Kier alpha value is -3.54. The second kappa shape index (κ2) is 10.2. The second-order valence-corrected chi connectivity index (χ2v) is 8.98. The maximum Gasteiger partial charge on any atom is 0.289 e. The van der Waals surface area contributed by atoms with Gasteiger partial charge in [-0.3, -0.25) is 9.59 Å². The lowest BCUT2D eigenvalue weighted by Crippen LogP contribution is -2.42. The summed E-state index contributed by atoms with van der Waals surface area (Å²) in [5.41, 5.74) is 3.40. The zero-order valence-corrected chi connectivity index (χ0v) is 20.3. The van der Waals surface area contributed by atoms with Crippen molar-refractivity contribution >= 4 is 11.8 Å². The highest BCUT2D eigenvalue weighted by atomic mass is 16.5. The number of furan rings is 1. The zero-order chi connectivity index (χ0) is 24.2. The number of ether oxygens (including phenoxy) is 1. The summed E-state index contributed by atoms with van der Waals surface area (Å²) >= 11 is 0. The second-order valence-electron chi connectivity index (χ2n) is 8.98. The highest BCUT2D eigenvalue weighted by Gasteiger charge is 2.33. The van der Waals surface area contributed by atoms with Gasteiger partial charge < -0.3 is 19.0 Å². The number of fused-ring (bicyclic) bond motifs is 1. The van der Waals surface area contributed by atoms with Gasteiger partial charge in [0.25, 0.3) is 5.91 Å². The summed E-state index contributed by atoms with van der Waals surface area (Å²) in [6.45, 7) is 7.32. The van der Waals surface area contributed by atoms with E-state index in [-0.39, 0.29) is 30.4 Å². The van der Waals surface area contributed by atoms with Gasteiger partial charge in [-0.25, -0.2) is 0 Å². The topological polar surface area (TPSA) is 63.0 Å². The van der Waals surface area contributed by atoms with E-state index < -0.39 is 0 Å². The van der Waals surface area contributed by atoms with Crippen molar-refractivity contribution in [2.45, 2.75) is 39.8 Å². The van der Waals surface area contributed by atoms with Gasteiger partial charge >= 0.3 is 0 Å². The number of carbonyl (C=O) groups excluding carboxylic acids is 2. The lowest BCUT2D eigenvalue weighted by atomic mass is 9.87. The summed E-state index contributed by atoms with van der Waals surface area (Å²) in [5, 5.41) is 0. The number of hydrogen-bond donors (Lipinski definition) is 0. The Bertz CT molecular complexity index is 1150. The molecule has 0 saturated carbocycles. The van der Waals surface area contributed by atoms with E-state index in [1.807, 2.05) is 56.0 Å². The van der Waals surface area contributed by atoms with Gasteiger partial charge in [-0.05, 0) is 54.3 Å². The van der Waals surface area contributed by atoms with Crippen LogP contribution in [0.3, 0.4) is 0 Å². The zero-order valence-electron chi connectivity index (χ0n) is 20.3. The number of rotatable bonds is 7. The lowest BCUT2D eigenvalue weighted by Gasteiger charge is -2.39. The number of amides is 2. The quantitative estimate of drug-likeness (QED) is 0.493. The van der Waals surface area contributed by atoms with Crippen molar-refractivity contribution < 1.29 is 18.7 Å². The highest BCUT2D eigenvalue weighted by molar-refractivity contribution is 5.91. The average Bonchev–Trinajstić information content (AvgIpc) is 3.34. The molecule has 2 aromatic carbocycles. The Kier molecular flexibility index (Phi) is 7.06. The minimum atomic E-state index is -0.152. The van der Waals surface area contributed by atoms with E-state index in [9.17, 15) is 9.59 Å². The van der Waals surface area contributed by atoms with Gasteiger partial charge in [0.2, 0.25) is 5.91 Å². The molecule has 6 nitrogen and oxygen atoms in total. The molecule has 1 atom stereocenters. The predicted molar refractivity (Wildman–Crippen MR) is 131 cm³/mol. The average molecular weight is 461 g/mol. The van der Waals surface area contributed by atoms with E-state index in [4.69, 9.17) is 9.15 Å². The number of benzene rings is 2. The van der Waals surface area contributed by atoms with Gasteiger partial charge in [0.15, 0.2) is 5.76 Å². The Morgan fingerprint density at radius 1 is 1.12 bits per heavy atom. The molecular formula is C28H32N2O4. The summed E-state index contributed by atoms with van der Waals surface area (Å²) in [6.07, 6.45) is 0.812. The molecule has 2 amide bonds. The maximum atomic E-state index is 13.1. The molecule has 1 aliphatic rings. The maximum absolute atomic E-state index is 13.1. The Balaban J connectivity index is 1.58. The molecular weight excluding hydrogens is 428 g/mol. The normalized spacial score (nSPS) is 15.2. The van der Waals surface area contributed by atoms with E-state index in [1.54, 1.807) is 24.1 Å². The van der Waals surface area contributed by atoms with Crippen LogP contribution in [0, 0.1) is 5.92 Å². The van der Waals surface area contributed by atoms with Crippen LogP contribution in [0.2, 0.25) is 0 Å². The van der Waals surface area contributed by atoms with E-state index in [0.29, 0.717) is 30.4 Å². The van der Waals surface area contributed by atoms with Gasteiger partial charge in [0.05, 0.1) is 6.04 Å². The van der Waals surface area contributed by atoms with Gasteiger partial charge in [0.1, 0.15) is 18.1 Å². The monoisotopic (exact) mass is 460 g/mol. The molecule has 6 heteroatoms. The first-order valence-corrected chi connectivity index (χ1v) is 11.8. The van der Waals surface area contributed by atoms with Crippen LogP contribution in [0.4, 0.5) is 0 Å². The Morgan fingerprint density at radius 3 is 2.59 bits per heavy atom. The standard InChI is InChI=1S/C28H32N2O4/c1-5-29(4)28(32)25-14-13-23(34-25)18-33-22-12-11-20-15-16-30(27(31)19(2)3)26(24(20)17-22)21-9-7-6-8-10-21/h6-14,17,19,26H,5,15-16,18H2,1-4H3/t26-/m0/s1. The molecule has 178 valence electrons. The molecule has 0 spiro atoms. The fraction of sp³-hybridized carbons (Fsp3) is 0.357. The summed E-state index contributed by atoms with van der Waals surface area (Å²) in [6, 6.07) is 19.5. The molecule has 0 saturated heterocycles. The van der Waals surface area contributed by atoms with Crippen molar-refractivity contribution in [3.8, 4) is 5.75 Å². The van der Waals surface area contributed by atoms with E-state index >= 15 is 0 Å². The van der Waals surface area contributed by atoms with Crippen molar-refractivity contribution in [2.75, 3.05) is 20.1 Å². The number of hydrogen-bond acceptors (Lipinski definition) is 4. The summed E-state index contributed by atoms with van der Waals surface area (Å²) in [5.74, 6) is 1.52. The van der Waals surface area contributed by atoms with Crippen LogP contribution < -0.4 is 4.74 Å². The van der Waals surface area contributed by atoms with E-state index in [1.165, 1.54) is 5.56 Å². The summed E-state index contributed by atoms with van der Waals surface area (Å²) in [4.78, 5) is 28.9. The SMILES string of the molecule is CCN(C)C(=O)c1ccc(COc2ccc3c(c2)[C@H](c2ccccc2)N(C(=O)C(C)C)CC3)o1. The van der Waals surface area contributed by atoms with Gasteiger partial charge in [0, 0.05) is 26.1 Å². The van der Waals surface area contributed by atoms with Gasteiger partial charge in [-0.1, -0.05) is 50.2 Å². The number of nitrogens with zero attached hydrogens (tertiary/aromatic N) is 2. The molecule has 2 heterocycles. The van der Waals surface area contributed by atoms with Crippen LogP contribution in [0.25, 0.3) is 0 Å². The van der Waals surface area contributed by atoms with Crippen LogP contribution in [0.15, 0.2) is 65.1 Å². The van der Waals surface area contributed by atoms with Crippen LogP contribution in [0.5, 0.6) is 5.75 Å². The minimum Gasteiger partial charge on any atom is -0.486 e. The van der Waals surface area contributed by atoms with Crippen molar-refractivity contribution in [1.29, 1.82) is 0 Å². The lowest BCUT2D eigenvalue weighted by molar-refractivity contribution is -0.136. The van der Waals surface area contributed by atoms with Crippen LogP contribution >= 0.6 is 0 Å². The fourth-order valence-corrected chi connectivity index (χ4v) is 4.30. The molecule has 4 rings (SSSR count). The Morgan fingerprint density at radius 2 is 1.88 bits per heavy atom. The largest absolute Gasteiger partial charge is 0.486 e. The Labute approximate surface area is 201 Å². The van der Waals surface area contributed by atoms with E-state index in [2.05, 4.69) is 18.2 Å². The fourth-order valence-electron chi connectivity index (χ4n) is 4.30. The first kappa shape index (κ1) is 23.6. The van der Waals surface area contributed by atoms with Gasteiger partial charge in [-0.15, -0.1) is 0 Å². The third kappa shape index (κ3) is 4.86. The summed E-state index contributed by atoms with van der Waals surface area (Å²) in [7, 11) is 1.74. The van der Waals surface area contributed by atoms with Crippen molar-refractivity contribution in [1.82, 2.24) is 9.80 Å². The molecule has 1 aliphatic heterocycles. The van der Waals surface area contributed by atoms with Crippen molar-refractivity contribution in [3.05, 3.63) is 88.9 Å². The van der Waals surface area contributed by atoms with Crippen molar-refractivity contribution in [2.24, 2.45) is 5.92 Å². The molecule has 3 aromatic rings. The molecule has 34 heavy (non-hydrogen) atoms. The van der Waals surface area contributed by atoms with Gasteiger partial charge in [-0.2, -0.15) is 0 Å². The molecule has 0 radical (unpaired) electrons. The third-order valence-corrected chi connectivity index (χ3v) is 6.31. The molecule has 0 bridgehead atoms. The first-order chi connectivity index (χ1) is 16.4. The molecule has 0 aliphatic carbocycles. The smallest absolute Gasteiger partial charge is 0.289 e. The minimum absolute atomic E-state index is 0.0743. The van der Waals surface area contributed by atoms with Crippen LogP contribution in [0.1, 0.15) is 59.8 Å². The summed E-state index contributed by atoms with van der Waals surface area (Å²) < 4.78 is 11.7. The highest BCUT2D eigenvalue weighted by Crippen LogP contribution is 2.38. The number of carbonyl (C=O) groups is 2. The van der Waals surface area contributed by atoms with Crippen LogP contribution in [-0.2, 0) is 17.8 Å². The molecule has 1 aromatic heterocycles. The first-order valence-electron chi connectivity index (χ1n) is 11.8. The van der Waals surface area contributed by atoms with Crippen molar-refractivity contribution in [3.63, 3.8) is 0 Å². The van der Waals surface area contributed by atoms with E-state index in [0.717, 1.165) is 17.5 Å². The molecule has 0 unspecified atom stereocenters. The molecule has 0 fully saturated rings. The van der Waals surface area contributed by atoms with Crippen LogP contribution in [-0.4, -0.2) is 41.8 Å². The third-order valence-electron chi connectivity index (χ3n) is 6.31.